The molecule has 1 N–H and O–H groups in total. The summed E-state index contributed by atoms with van der Waals surface area (Å²) in [6.07, 6.45) is 0. The highest BCUT2D eigenvalue weighted by atomic mass is 16.6. The molecule has 8 heteroatoms. The van der Waals surface area contributed by atoms with Gasteiger partial charge in [0.1, 0.15) is 5.82 Å². The molecule has 0 aliphatic rings. The number of nitro benzene ring substituents is 1. The van der Waals surface area contributed by atoms with E-state index in [4.69, 9.17) is 0 Å². The highest BCUT2D eigenvalue weighted by Gasteiger charge is 2.14. The molecule has 1 aromatic carbocycles. The van der Waals surface area contributed by atoms with Gasteiger partial charge in [0.05, 0.1) is 18.0 Å². The van der Waals surface area contributed by atoms with Gasteiger partial charge in [-0.15, -0.1) is 0 Å². The molecule has 2 rings (SSSR count). The number of hydrogen-bond acceptors (Lipinski definition) is 7. The predicted molar refractivity (Wildman–Crippen MR) is 88.5 cm³/mol. The zero-order valence-corrected chi connectivity index (χ0v) is 13.6. The average molecular weight is 330 g/mol. The molecular weight excluding hydrogens is 312 g/mol. The van der Waals surface area contributed by atoms with Crippen LogP contribution in [0.3, 0.4) is 0 Å². The van der Waals surface area contributed by atoms with Gasteiger partial charge >= 0.3 is 5.97 Å². The number of aryl methyl sites for hydroxylation is 1. The molecule has 24 heavy (non-hydrogen) atoms. The lowest BCUT2D eigenvalue weighted by atomic mass is 10.2. The van der Waals surface area contributed by atoms with Gasteiger partial charge in [-0.2, -0.15) is 0 Å². The SMILES string of the molecule is COC(=O)C(C)CNc1cc(C)nc(-c2cccc([N+](=O)[O-])c2)n1. The largest absolute Gasteiger partial charge is 0.469 e. The van der Waals surface area contributed by atoms with Crippen LogP contribution in [0.5, 0.6) is 0 Å². The Labute approximate surface area is 139 Å². The molecule has 0 bridgehead atoms. The fourth-order valence-electron chi connectivity index (χ4n) is 2.09. The number of esters is 1. The number of non-ortho nitro benzene ring substituents is 1. The predicted octanol–water partition coefficient (Wildman–Crippen LogP) is 2.58. The van der Waals surface area contributed by atoms with E-state index in [1.165, 1.54) is 19.2 Å². The van der Waals surface area contributed by atoms with Gasteiger partial charge in [-0.05, 0) is 6.92 Å². The number of ether oxygens (including phenoxy) is 1. The third-order valence-electron chi connectivity index (χ3n) is 3.36. The Morgan fingerprint density at radius 3 is 2.79 bits per heavy atom. The summed E-state index contributed by atoms with van der Waals surface area (Å²) in [6, 6.07) is 7.88. The number of benzene rings is 1. The molecule has 0 saturated carbocycles. The number of hydrogen-bond donors (Lipinski definition) is 1. The maximum atomic E-state index is 11.4. The van der Waals surface area contributed by atoms with Crippen LogP contribution in [0.15, 0.2) is 30.3 Å². The van der Waals surface area contributed by atoms with Crippen molar-refractivity contribution < 1.29 is 14.5 Å². The highest BCUT2D eigenvalue weighted by Crippen LogP contribution is 2.22. The van der Waals surface area contributed by atoms with Crippen molar-refractivity contribution >= 4 is 17.5 Å². The van der Waals surface area contributed by atoms with Gasteiger partial charge in [0.2, 0.25) is 0 Å². The summed E-state index contributed by atoms with van der Waals surface area (Å²) in [7, 11) is 1.34. The molecule has 0 radical (unpaired) electrons. The lowest BCUT2D eigenvalue weighted by Crippen LogP contribution is -2.22. The van der Waals surface area contributed by atoms with Gasteiger partial charge in [-0.25, -0.2) is 9.97 Å². The van der Waals surface area contributed by atoms with Gasteiger partial charge in [-0.1, -0.05) is 19.1 Å². The zero-order chi connectivity index (χ0) is 17.7. The first kappa shape index (κ1) is 17.3. The molecule has 0 aliphatic heterocycles. The topological polar surface area (TPSA) is 107 Å². The van der Waals surface area contributed by atoms with Crippen molar-refractivity contribution in [2.24, 2.45) is 5.92 Å². The van der Waals surface area contributed by atoms with Crippen LogP contribution < -0.4 is 5.32 Å². The molecule has 0 spiro atoms. The number of methoxy groups -OCH3 is 1. The molecule has 8 nitrogen and oxygen atoms in total. The monoisotopic (exact) mass is 330 g/mol. The van der Waals surface area contributed by atoms with Gasteiger partial charge in [-0.3, -0.25) is 14.9 Å². The second kappa shape index (κ2) is 7.49. The summed E-state index contributed by atoms with van der Waals surface area (Å²) in [5, 5.41) is 14.0. The van der Waals surface area contributed by atoms with Crippen LogP contribution >= 0.6 is 0 Å². The molecule has 1 atom stereocenters. The van der Waals surface area contributed by atoms with E-state index in [1.54, 1.807) is 32.0 Å². The number of carbonyl (C=O) groups is 1. The van der Waals surface area contributed by atoms with Crippen molar-refractivity contribution in [1.29, 1.82) is 0 Å². The first-order chi connectivity index (χ1) is 11.4. The number of anilines is 1. The highest BCUT2D eigenvalue weighted by molar-refractivity contribution is 5.72. The second-order valence-corrected chi connectivity index (χ2v) is 5.33. The Morgan fingerprint density at radius 1 is 1.38 bits per heavy atom. The summed E-state index contributed by atoms with van der Waals surface area (Å²) in [5.41, 5.74) is 1.24. The number of nitro groups is 1. The quantitative estimate of drug-likeness (QED) is 0.492. The van der Waals surface area contributed by atoms with Crippen molar-refractivity contribution in [2.75, 3.05) is 19.0 Å². The summed E-state index contributed by atoms with van der Waals surface area (Å²) < 4.78 is 4.68. The third-order valence-corrected chi connectivity index (χ3v) is 3.36. The molecule has 0 amide bonds. The van der Waals surface area contributed by atoms with Crippen LogP contribution in [-0.4, -0.2) is 34.5 Å². The summed E-state index contributed by atoms with van der Waals surface area (Å²) in [4.78, 5) is 30.5. The molecule has 0 fully saturated rings. The van der Waals surface area contributed by atoms with Crippen LogP contribution in [0.1, 0.15) is 12.6 Å². The van der Waals surface area contributed by atoms with E-state index in [-0.39, 0.29) is 17.6 Å². The van der Waals surface area contributed by atoms with Crippen molar-refractivity contribution in [1.82, 2.24) is 9.97 Å². The minimum atomic E-state index is -0.462. The van der Waals surface area contributed by atoms with Crippen LogP contribution in [0.25, 0.3) is 11.4 Å². The third kappa shape index (κ3) is 4.25. The first-order valence-electron chi connectivity index (χ1n) is 7.33. The molecule has 1 heterocycles. The summed E-state index contributed by atoms with van der Waals surface area (Å²) in [6.45, 7) is 3.91. The van der Waals surface area contributed by atoms with Gasteiger partial charge in [0.25, 0.3) is 5.69 Å². The summed E-state index contributed by atoms with van der Waals surface area (Å²) >= 11 is 0. The molecule has 1 unspecified atom stereocenters. The van der Waals surface area contributed by atoms with Crippen molar-refractivity contribution in [2.45, 2.75) is 13.8 Å². The van der Waals surface area contributed by atoms with Crippen LogP contribution in [0.4, 0.5) is 11.5 Å². The molecular formula is C16H18N4O4. The smallest absolute Gasteiger partial charge is 0.310 e. The van der Waals surface area contributed by atoms with Gasteiger partial charge in [0, 0.05) is 36.0 Å². The van der Waals surface area contributed by atoms with E-state index in [0.29, 0.717) is 29.4 Å². The van der Waals surface area contributed by atoms with E-state index in [9.17, 15) is 14.9 Å². The van der Waals surface area contributed by atoms with Crippen LogP contribution in [-0.2, 0) is 9.53 Å². The Hall–Kier alpha value is -3.03. The second-order valence-electron chi connectivity index (χ2n) is 5.33. The average Bonchev–Trinajstić information content (AvgIpc) is 2.58. The van der Waals surface area contributed by atoms with E-state index in [0.717, 1.165) is 0 Å². The summed E-state index contributed by atoms with van der Waals surface area (Å²) in [5.74, 6) is 0.283. The van der Waals surface area contributed by atoms with Crippen molar-refractivity contribution in [3.63, 3.8) is 0 Å². The zero-order valence-electron chi connectivity index (χ0n) is 13.6. The molecule has 0 aliphatic carbocycles. The van der Waals surface area contributed by atoms with Crippen LogP contribution in [0.2, 0.25) is 0 Å². The Kier molecular flexibility index (Phi) is 5.41. The van der Waals surface area contributed by atoms with E-state index >= 15 is 0 Å². The lowest BCUT2D eigenvalue weighted by Gasteiger charge is -2.12. The first-order valence-corrected chi connectivity index (χ1v) is 7.33. The minimum absolute atomic E-state index is 0.0218. The Bertz CT molecular complexity index is 763. The van der Waals surface area contributed by atoms with Crippen molar-refractivity contribution in [3.8, 4) is 11.4 Å². The number of nitrogens with one attached hydrogen (secondary N) is 1. The molecule has 126 valence electrons. The minimum Gasteiger partial charge on any atom is -0.469 e. The molecule has 2 aromatic rings. The Morgan fingerprint density at radius 2 is 2.12 bits per heavy atom. The van der Waals surface area contributed by atoms with E-state index in [1.807, 2.05) is 0 Å². The molecule has 1 aromatic heterocycles. The fourth-order valence-corrected chi connectivity index (χ4v) is 2.09. The van der Waals surface area contributed by atoms with Gasteiger partial charge in [0.15, 0.2) is 5.82 Å². The van der Waals surface area contributed by atoms with Crippen molar-refractivity contribution in [3.05, 3.63) is 46.1 Å². The molecule has 0 saturated heterocycles. The Balaban J connectivity index is 2.24. The van der Waals surface area contributed by atoms with Gasteiger partial charge < -0.3 is 10.1 Å². The fraction of sp³-hybridized carbons (Fsp3) is 0.312. The maximum absolute atomic E-state index is 11.4. The van der Waals surface area contributed by atoms with E-state index < -0.39 is 4.92 Å². The normalized spacial score (nSPS) is 11.6. The number of rotatable bonds is 6. The number of aromatic nitrogens is 2. The number of nitrogens with zero attached hydrogens (tertiary/aromatic N) is 3. The number of carbonyl (C=O) groups excluding carboxylic acids is 1. The lowest BCUT2D eigenvalue weighted by molar-refractivity contribution is -0.384. The maximum Gasteiger partial charge on any atom is 0.310 e. The van der Waals surface area contributed by atoms with E-state index in [2.05, 4.69) is 20.0 Å². The van der Waals surface area contributed by atoms with Crippen LogP contribution in [0, 0.1) is 23.0 Å². The standard InChI is InChI=1S/C16H18N4O4/c1-10(16(21)24-3)9-17-14-7-11(2)18-15(19-14)12-5-4-6-13(8-12)20(22)23/h4-8,10H,9H2,1-3H3,(H,17,18,19).